The van der Waals surface area contributed by atoms with E-state index in [-0.39, 0.29) is 0 Å². The Kier molecular flexibility index (Phi) is 4.08. The van der Waals surface area contributed by atoms with Crippen molar-refractivity contribution in [1.82, 2.24) is 9.97 Å². The van der Waals surface area contributed by atoms with Crippen molar-refractivity contribution in [3.05, 3.63) is 18.6 Å². The van der Waals surface area contributed by atoms with E-state index in [4.69, 9.17) is 5.11 Å². The minimum atomic E-state index is -0.759. The van der Waals surface area contributed by atoms with Crippen LogP contribution < -0.4 is 0 Å². The van der Waals surface area contributed by atoms with Crippen LogP contribution >= 0.6 is 11.8 Å². The lowest BCUT2D eigenvalue weighted by atomic mass is 9.91. The monoisotopic (exact) mass is 226 g/mol. The molecule has 0 saturated heterocycles. The van der Waals surface area contributed by atoms with Crippen molar-refractivity contribution in [3.63, 3.8) is 0 Å². The van der Waals surface area contributed by atoms with Crippen LogP contribution in [0.25, 0.3) is 0 Å². The molecule has 1 heterocycles. The predicted octanol–water partition coefficient (Wildman–Crippen LogP) is 2.07. The Bertz CT molecular complexity index is 327. The summed E-state index contributed by atoms with van der Waals surface area (Å²) in [7, 11) is 0. The van der Waals surface area contributed by atoms with E-state index in [1.165, 1.54) is 6.33 Å². The van der Waals surface area contributed by atoms with Crippen LogP contribution in [0.5, 0.6) is 0 Å². The molecule has 0 amide bonds. The second-order valence-corrected chi connectivity index (χ2v) is 4.95. The van der Waals surface area contributed by atoms with Crippen molar-refractivity contribution in [1.29, 1.82) is 0 Å². The Morgan fingerprint density at radius 1 is 1.60 bits per heavy atom. The first kappa shape index (κ1) is 12.0. The second kappa shape index (κ2) is 5.11. The number of hydrogen-bond acceptors (Lipinski definition) is 4. The third-order valence-corrected chi connectivity index (χ3v) is 3.06. The molecule has 4 nitrogen and oxygen atoms in total. The Morgan fingerprint density at radius 2 is 2.33 bits per heavy atom. The minimum absolute atomic E-state index is 0.622. The molecule has 1 rings (SSSR count). The first-order valence-electron chi connectivity index (χ1n) is 4.64. The summed E-state index contributed by atoms with van der Waals surface area (Å²) in [5.41, 5.74) is -0.667. The Hall–Kier alpha value is -1.10. The van der Waals surface area contributed by atoms with Crippen molar-refractivity contribution >= 4 is 17.7 Å². The molecule has 0 atom stereocenters. The highest BCUT2D eigenvalue weighted by molar-refractivity contribution is 7.99. The summed E-state index contributed by atoms with van der Waals surface area (Å²) in [6.45, 7) is 3.46. The molecule has 0 aromatic carbocycles. The number of rotatable bonds is 5. The molecule has 1 aromatic rings. The molecule has 0 bridgehead atoms. The molecule has 0 aliphatic heterocycles. The number of aliphatic carboxylic acids is 1. The Labute approximate surface area is 93.1 Å². The Balaban J connectivity index is 2.37. The topological polar surface area (TPSA) is 63.1 Å². The number of aromatic nitrogens is 2. The number of nitrogens with zero attached hydrogens (tertiary/aromatic N) is 2. The summed E-state index contributed by atoms with van der Waals surface area (Å²) in [6, 6.07) is 1.82. The van der Waals surface area contributed by atoms with Gasteiger partial charge in [0, 0.05) is 11.9 Å². The molecular formula is C10H14N2O2S. The third kappa shape index (κ3) is 3.87. The van der Waals surface area contributed by atoms with Crippen LogP contribution in [0.2, 0.25) is 0 Å². The average molecular weight is 226 g/mol. The molecule has 15 heavy (non-hydrogen) atoms. The molecule has 0 unspecified atom stereocenters. The minimum Gasteiger partial charge on any atom is -0.481 e. The van der Waals surface area contributed by atoms with Crippen LogP contribution in [0.15, 0.2) is 23.6 Å². The number of thioether (sulfide) groups is 1. The van der Waals surface area contributed by atoms with Gasteiger partial charge in [0.1, 0.15) is 6.33 Å². The first-order chi connectivity index (χ1) is 7.02. The normalized spacial score (nSPS) is 11.3. The molecule has 0 aliphatic carbocycles. The van der Waals surface area contributed by atoms with Crippen molar-refractivity contribution in [2.75, 3.05) is 5.75 Å². The summed E-state index contributed by atoms with van der Waals surface area (Å²) in [5.74, 6) is -0.0122. The maximum Gasteiger partial charge on any atom is 0.309 e. The van der Waals surface area contributed by atoms with Gasteiger partial charge in [-0.3, -0.25) is 4.79 Å². The highest BCUT2D eigenvalue weighted by Crippen LogP contribution is 2.25. The SMILES string of the molecule is CC(C)(CCSc1ccncn1)C(=O)O. The number of carboxylic acid groups (broad SMARTS) is 1. The summed E-state index contributed by atoms with van der Waals surface area (Å²) in [5, 5.41) is 9.78. The van der Waals surface area contributed by atoms with Crippen molar-refractivity contribution in [2.45, 2.75) is 25.3 Å². The zero-order valence-electron chi connectivity index (χ0n) is 8.80. The maximum atomic E-state index is 10.8. The maximum absolute atomic E-state index is 10.8. The van der Waals surface area contributed by atoms with Gasteiger partial charge >= 0.3 is 5.97 Å². The van der Waals surface area contributed by atoms with Crippen LogP contribution in [-0.2, 0) is 4.79 Å². The smallest absolute Gasteiger partial charge is 0.309 e. The molecule has 1 aromatic heterocycles. The van der Waals surface area contributed by atoms with Gasteiger partial charge in [-0.25, -0.2) is 9.97 Å². The molecule has 0 saturated carbocycles. The lowest BCUT2D eigenvalue weighted by Gasteiger charge is -2.17. The quantitative estimate of drug-likeness (QED) is 0.615. The van der Waals surface area contributed by atoms with Crippen LogP contribution in [0, 0.1) is 5.41 Å². The molecule has 5 heteroatoms. The summed E-state index contributed by atoms with van der Waals surface area (Å²) in [4.78, 5) is 18.7. The zero-order valence-corrected chi connectivity index (χ0v) is 9.62. The lowest BCUT2D eigenvalue weighted by molar-refractivity contribution is -0.146. The molecule has 0 spiro atoms. The van der Waals surface area contributed by atoms with Gasteiger partial charge in [-0.1, -0.05) is 0 Å². The van der Waals surface area contributed by atoms with Crippen molar-refractivity contribution in [3.8, 4) is 0 Å². The van der Waals surface area contributed by atoms with Gasteiger partial charge in [0.25, 0.3) is 0 Å². The van der Waals surface area contributed by atoms with E-state index >= 15 is 0 Å². The molecule has 0 radical (unpaired) electrons. The molecular weight excluding hydrogens is 212 g/mol. The van der Waals surface area contributed by atoms with Crippen LogP contribution in [-0.4, -0.2) is 26.8 Å². The molecule has 0 fully saturated rings. The highest BCUT2D eigenvalue weighted by Gasteiger charge is 2.26. The van der Waals surface area contributed by atoms with E-state index in [1.807, 2.05) is 6.07 Å². The fourth-order valence-corrected chi connectivity index (χ4v) is 1.98. The van der Waals surface area contributed by atoms with E-state index in [1.54, 1.807) is 31.8 Å². The van der Waals surface area contributed by atoms with Crippen molar-refractivity contribution in [2.24, 2.45) is 5.41 Å². The van der Waals surface area contributed by atoms with E-state index in [9.17, 15) is 4.79 Å². The third-order valence-electron chi connectivity index (χ3n) is 2.11. The van der Waals surface area contributed by atoms with Gasteiger partial charge in [0.05, 0.1) is 10.4 Å². The van der Waals surface area contributed by atoms with Crippen molar-refractivity contribution < 1.29 is 9.90 Å². The van der Waals surface area contributed by atoms with E-state index in [0.29, 0.717) is 6.42 Å². The molecule has 82 valence electrons. The first-order valence-corrected chi connectivity index (χ1v) is 5.63. The average Bonchev–Trinajstić information content (AvgIpc) is 2.19. The van der Waals surface area contributed by atoms with Crippen LogP contribution in [0.4, 0.5) is 0 Å². The van der Waals surface area contributed by atoms with Gasteiger partial charge in [-0.05, 0) is 26.3 Å². The van der Waals surface area contributed by atoms with Gasteiger partial charge < -0.3 is 5.11 Å². The largest absolute Gasteiger partial charge is 0.481 e. The molecule has 0 aliphatic rings. The van der Waals surface area contributed by atoms with Gasteiger partial charge in [0.2, 0.25) is 0 Å². The van der Waals surface area contributed by atoms with Crippen LogP contribution in [0.1, 0.15) is 20.3 Å². The zero-order chi connectivity index (χ0) is 11.3. The Morgan fingerprint density at radius 3 is 2.87 bits per heavy atom. The highest BCUT2D eigenvalue weighted by atomic mass is 32.2. The predicted molar refractivity (Wildman–Crippen MR) is 58.8 cm³/mol. The summed E-state index contributed by atoms with van der Waals surface area (Å²) < 4.78 is 0. The van der Waals surface area contributed by atoms with Gasteiger partial charge in [0.15, 0.2) is 0 Å². The second-order valence-electron chi connectivity index (χ2n) is 3.84. The fraction of sp³-hybridized carbons (Fsp3) is 0.500. The number of carboxylic acids is 1. The number of hydrogen-bond donors (Lipinski definition) is 1. The summed E-state index contributed by atoms with van der Waals surface area (Å²) in [6.07, 6.45) is 3.79. The van der Waals surface area contributed by atoms with E-state index < -0.39 is 11.4 Å². The number of carbonyl (C=O) groups is 1. The summed E-state index contributed by atoms with van der Waals surface area (Å²) >= 11 is 1.55. The van der Waals surface area contributed by atoms with E-state index in [2.05, 4.69) is 9.97 Å². The fourth-order valence-electron chi connectivity index (χ4n) is 0.882. The van der Waals surface area contributed by atoms with E-state index in [0.717, 1.165) is 10.8 Å². The van der Waals surface area contributed by atoms with Gasteiger partial charge in [-0.15, -0.1) is 11.8 Å². The van der Waals surface area contributed by atoms with Gasteiger partial charge in [-0.2, -0.15) is 0 Å². The lowest BCUT2D eigenvalue weighted by Crippen LogP contribution is -2.24. The molecule has 1 N–H and O–H groups in total. The standard InChI is InChI=1S/C10H14N2O2S/c1-10(2,9(13)14)4-6-15-8-3-5-11-7-12-8/h3,5,7H,4,6H2,1-2H3,(H,13,14). The van der Waals surface area contributed by atoms with Crippen LogP contribution in [0.3, 0.4) is 0 Å².